The van der Waals surface area contributed by atoms with Crippen LogP contribution in [-0.2, 0) is 0 Å². The Morgan fingerprint density at radius 3 is 2.53 bits per heavy atom. The monoisotopic (exact) mass is 206 g/mol. The van der Waals surface area contributed by atoms with Crippen LogP contribution in [0.1, 0.15) is 66.2 Å². The highest BCUT2D eigenvalue weighted by atomic mass is 14.7. The van der Waals surface area contributed by atoms with Crippen LogP contribution in [0.2, 0.25) is 0 Å². The SMILES string of the molecule is CC1(C)CC23CCCC(CC2C1(C)C)C3. The van der Waals surface area contributed by atoms with E-state index >= 15 is 0 Å². The smallest absolute Gasteiger partial charge is 0.0256 e. The van der Waals surface area contributed by atoms with Crippen LogP contribution in [0.4, 0.5) is 0 Å². The molecule has 0 aromatic carbocycles. The maximum atomic E-state index is 2.55. The fourth-order valence-electron chi connectivity index (χ4n) is 5.55. The van der Waals surface area contributed by atoms with E-state index in [9.17, 15) is 0 Å². The van der Waals surface area contributed by atoms with Crippen molar-refractivity contribution in [1.29, 1.82) is 0 Å². The van der Waals surface area contributed by atoms with E-state index in [1.54, 1.807) is 19.3 Å². The molecule has 0 saturated heterocycles. The largest absolute Gasteiger partial charge is 0.0594 e. The molecule has 3 unspecified atom stereocenters. The number of fused-ring (bicyclic) bond motifs is 1. The van der Waals surface area contributed by atoms with E-state index in [1.165, 1.54) is 19.3 Å². The highest BCUT2D eigenvalue weighted by molar-refractivity contribution is 5.14. The minimum atomic E-state index is 0.569. The second-order valence-corrected chi connectivity index (χ2v) is 7.90. The van der Waals surface area contributed by atoms with Gasteiger partial charge in [0.15, 0.2) is 0 Å². The third kappa shape index (κ3) is 1.09. The first-order valence-corrected chi connectivity index (χ1v) is 6.87. The zero-order chi connectivity index (χ0) is 10.9. The Kier molecular flexibility index (Phi) is 1.78. The molecule has 3 rings (SSSR count). The summed E-state index contributed by atoms with van der Waals surface area (Å²) >= 11 is 0. The summed E-state index contributed by atoms with van der Waals surface area (Å²) < 4.78 is 0. The molecule has 0 radical (unpaired) electrons. The zero-order valence-corrected chi connectivity index (χ0v) is 10.9. The summed E-state index contributed by atoms with van der Waals surface area (Å²) in [5.41, 5.74) is 1.92. The molecular formula is C15H26. The Morgan fingerprint density at radius 2 is 1.80 bits per heavy atom. The number of hydrogen-bond donors (Lipinski definition) is 0. The van der Waals surface area contributed by atoms with Crippen molar-refractivity contribution < 1.29 is 0 Å². The van der Waals surface area contributed by atoms with E-state index in [2.05, 4.69) is 27.7 Å². The first-order valence-electron chi connectivity index (χ1n) is 6.87. The summed E-state index contributed by atoms with van der Waals surface area (Å²) in [6.07, 6.45) is 9.23. The minimum Gasteiger partial charge on any atom is -0.0594 e. The third-order valence-corrected chi connectivity index (χ3v) is 6.70. The Morgan fingerprint density at radius 1 is 1.07 bits per heavy atom. The quantitative estimate of drug-likeness (QED) is 0.541. The highest BCUT2D eigenvalue weighted by Gasteiger charge is 2.64. The molecule has 0 amide bonds. The maximum Gasteiger partial charge on any atom is -0.0256 e. The summed E-state index contributed by atoms with van der Waals surface area (Å²) in [6.45, 7) is 10.1. The molecular weight excluding hydrogens is 180 g/mol. The Balaban J connectivity index is 2.03. The van der Waals surface area contributed by atoms with Gasteiger partial charge < -0.3 is 0 Å². The second-order valence-electron chi connectivity index (χ2n) is 7.90. The minimum absolute atomic E-state index is 0.569. The van der Waals surface area contributed by atoms with Crippen LogP contribution < -0.4 is 0 Å². The first kappa shape index (κ1) is 10.2. The molecule has 0 aromatic heterocycles. The van der Waals surface area contributed by atoms with Crippen LogP contribution in [0.15, 0.2) is 0 Å². The first-order chi connectivity index (χ1) is 6.87. The lowest BCUT2D eigenvalue weighted by molar-refractivity contribution is 0.0957. The molecule has 0 heterocycles. The molecule has 3 aliphatic rings. The molecule has 15 heavy (non-hydrogen) atoms. The lowest BCUT2D eigenvalue weighted by Crippen LogP contribution is -2.32. The van der Waals surface area contributed by atoms with Gasteiger partial charge in [0.05, 0.1) is 0 Å². The topological polar surface area (TPSA) is 0 Å². The van der Waals surface area contributed by atoms with Gasteiger partial charge in [-0.15, -0.1) is 0 Å². The van der Waals surface area contributed by atoms with E-state index in [4.69, 9.17) is 0 Å². The predicted molar refractivity (Wildman–Crippen MR) is 64.7 cm³/mol. The van der Waals surface area contributed by atoms with Crippen LogP contribution in [0.5, 0.6) is 0 Å². The number of hydrogen-bond acceptors (Lipinski definition) is 0. The van der Waals surface area contributed by atoms with Gasteiger partial charge >= 0.3 is 0 Å². The molecule has 3 fully saturated rings. The molecule has 3 aliphatic carbocycles. The van der Waals surface area contributed by atoms with Gasteiger partial charge in [0.2, 0.25) is 0 Å². The molecule has 3 saturated carbocycles. The molecule has 0 aliphatic heterocycles. The summed E-state index contributed by atoms with van der Waals surface area (Å²) in [7, 11) is 0. The fourth-order valence-corrected chi connectivity index (χ4v) is 5.55. The van der Waals surface area contributed by atoms with Gasteiger partial charge in [-0.25, -0.2) is 0 Å². The lowest BCUT2D eigenvalue weighted by Gasteiger charge is -2.39. The van der Waals surface area contributed by atoms with Crippen molar-refractivity contribution >= 4 is 0 Å². The van der Waals surface area contributed by atoms with Crippen molar-refractivity contribution in [3.63, 3.8) is 0 Å². The van der Waals surface area contributed by atoms with Gasteiger partial charge in [0.25, 0.3) is 0 Å². The van der Waals surface area contributed by atoms with E-state index in [0.29, 0.717) is 10.8 Å². The highest BCUT2D eigenvalue weighted by Crippen LogP contribution is 2.73. The van der Waals surface area contributed by atoms with Gasteiger partial charge in [0.1, 0.15) is 0 Å². The van der Waals surface area contributed by atoms with Gasteiger partial charge in [-0.2, -0.15) is 0 Å². The van der Waals surface area contributed by atoms with E-state index < -0.39 is 0 Å². The maximum absolute atomic E-state index is 2.55. The van der Waals surface area contributed by atoms with Crippen molar-refractivity contribution in [3.8, 4) is 0 Å². The van der Waals surface area contributed by atoms with Gasteiger partial charge in [-0.1, -0.05) is 40.5 Å². The molecule has 0 nitrogen and oxygen atoms in total. The van der Waals surface area contributed by atoms with Crippen molar-refractivity contribution in [1.82, 2.24) is 0 Å². The molecule has 86 valence electrons. The van der Waals surface area contributed by atoms with E-state index in [-0.39, 0.29) is 0 Å². The summed E-state index contributed by atoms with van der Waals surface area (Å²) in [6, 6.07) is 0. The molecule has 0 N–H and O–H groups in total. The van der Waals surface area contributed by atoms with Crippen molar-refractivity contribution in [2.24, 2.45) is 28.1 Å². The molecule has 1 spiro atoms. The van der Waals surface area contributed by atoms with Gasteiger partial charge in [0, 0.05) is 0 Å². The lowest BCUT2D eigenvalue weighted by atomic mass is 9.66. The Hall–Kier alpha value is 0. The summed E-state index contributed by atoms with van der Waals surface area (Å²) in [5, 5.41) is 0. The Bertz CT molecular complexity index is 286. The van der Waals surface area contributed by atoms with Crippen molar-refractivity contribution in [3.05, 3.63) is 0 Å². The summed E-state index contributed by atoms with van der Waals surface area (Å²) in [4.78, 5) is 0. The van der Waals surface area contributed by atoms with E-state index in [0.717, 1.165) is 17.3 Å². The van der Waals surface area contributed by atoms with Crippen LogP contribution in [-0.4, -0.2) is 0 Å². The third-order valence-electron chi connectivity index (χ3n) is 6.70. The standard InChI is InChI=1S/C15H26/c1-13(2)10-15-7-5-6-11(9-15)8-12(15)14(13,3)4/h11-12H,5-10H2,1-4H3. The molecule has 2 bridgehead atoms. The fraction of sp³-hybridized carbons (Fsp3) is 1.00. The van der Waals surface area contributed by atoms with Gasteiger partial charge in [-0.3, -0.25) is 0 Å². The van der Waals surface area contributed by atoms with Crippen molar-refractivity contribution in [2.75, 3.05) is 0 Å². The molecule has 3 atom stereocenters. The molecule has 0 heteroatoms. The van der Waals surface area contributed by atoms with Crippen LogP contribution >= 0.6 is 0 Å². The zero-order valence-electron chi connectivity index (χ0n) is 10.9. The van der Waals surface area contributed by atoms with Gasteiger partial charge in [-0.05, 0) is 53.8 Å². The van der Waals surface area contributed by atoms with Crippen LogP contribution in [0.25, 0.3) is 0 Å². The number of rotatable bonds is 0. The second kappa shape index (κ2) is 2.63. The normalized spacial score (nSPS) is 50.4. The van der Waals surface area contributed by atoms with Crippen LogP contribution in [0, 0.1) is 28.1 Å². The van der Waals surface area contributed by atoms with E-state index in [1.807, 2.05) is 0 Å². The average molecular weight is 206 g/mol. The van der Waals surface area contributed by atoms with Crippen molar-refractivity contribution in [2.45, 2.75) is 66.2 Å². The van der Waals surface area contributed by atoms with Crippen LogP contribution in [0.3, 0.4) is 0 Å². The summed E-state index contributed by atoms with van der Waals surface area (Å²) in [5.74, 6) is 2.13. The molecule has 0 aromatic rings. The Labute approximate surface area is 94.8 Å². The predicted octanol–water partition coefficient (Wildman–Crippen LogP) is 4.64. The average Bonchev–Trinajstić information content (AvgIpc) is 2.42.